The highest BCUT2D eigenvalue weighted by Crippen LogP contribution is 2.36. The summed E-state index contributed by atoms with van der Waals surface area (Å²) in [5.74, 6) is 0. The van der Waals surface area contributed by atoms with E-state index >= 15 is 0 Å². The first-order valence-electron chi connectivity index (χ1n) is 15.6. The number of hydrogen-bond acceptors (Lipinski definition) is 1. The lowest BCUT2D eigenvalue weighted by molar-refractivity contribution is 0.587. The van der Waals surface area contributed by atoms with Crippen LogP contribution in [0.1, 0.15) is 31.4 Å². The number of nitrogens with zero attached hydrogens (tertiary/aromatic N) is 2. The molecule has 44 heavy (non-hydrogen) atoms. The molecule has 0 saturated heterocycles. The molecule has 0 radical (unpaired) electrons. The maximum atomic E-state index is 4.38. The zero-order valence-electron chi connectivity index (χ0n) is 25.8. The number of aromatic nitrogens is 2. The topological polar surface area (TPSA) is 17.8 Å². The third-order valence-electron chi connectivity index (χ3n) is 8.16. The first kappa shape index (κ1) is 30.8. The van der Waals surface area contributed by atoms with Crippen LogP contribution in [0.5, 0.6) is 0 Å². The van der Waals surface area contributed by atoms with Crippen molar-refractivity contribution < 1.29 is 0 Å². The first-order valence-corrected chi connectivity index (χ1v) is 17.2. The van der Waals surface area contributed by atoms with Crippen LogP contribution in [0.25, 0.3) is 0 Å². The summed E-state index contributed by atoms with van der Waals surface area (Å²) < 4.78 is 2.32. The molecule has 5 aromatic carbocycles. The van der Waals surface area contributed by atoms with E-state index in [0.29, 0.717) is 12.3 Å². The van der Waals surface area contributed by atoms with Gasteiger partial charge in [-0.1, -0.05) is 194 Å². The van der Waals surface area contributed by atoms with Crippen LogP contribution in [0.3, 0.4) is 0 Å². The van der Waals surface area contributed by atoms with Gasteiger partial charge in [-0.25, -0.2) is 4.98 Å². The van der Waals surface area contributed by atoms with Gasteiger partial charge >= 0.3 is 0 Å². The molecule has 1 unspecified atom stereocenters. The standard InChI is InChI=1S/C22H26N2Si.C18H15B/c1-3-4-11-19(2)25-22(24-17-16-23-18-24,20-12-7-5-8-13-20)21-14-9-6-10-15-21;1-4-10-16(11-5-1)19(17-12-6-2-7-13-17)18-14-8-3-9-15-18/h4-19H,3,25H2,1-2H3;1-15H. The molecule has 0 spiro atoms. The average molecular weight is 589 g/mol. The van der Waals surface area contributed by atoms with Crippen molar-refractivity contribution >= 4 is 32.6 Å². The summed E-state index contributed by atoms with van der Waals surface area (Å²) in [6.07, 6.45) is 11.8. The second-order valence-corrected chi connectivity index (χ2v) is 14.0. The highest BCUT2D eigenvalue weighted by atomic mass is 28.2. The van der Waals surface area contributed by atoms with Crippen molar-refractivity contribution in [3.8, 4) is 0 Å². The van der Waals surface area contributed by atoms with Crippen LogP contribution in [-0.4, -0.2) is 25.8 Å². The Hall–Kier alpha value is -4.67. The average Bonchev–Trinajstić information content (AvgIpc) is 3.65. The summed E-state index contributed by atoms with van der Waals surface area (Å²) in [5.41, 5.74) is 7.28. The molecule has 0 saturated carbocycles. The van der Waals surface area contributed by atoms with Gasteiger partial charge in [0, 0.05) is 12.4 Å². The van der Waals surface area contributed by atoms with Crippen molar-refractivity contribution in [3.05, 3.63) is 194 Å². The maximum absolute atomic E-state index is 4.38. The fourth-order valence-electron chi connectivity index (χ4n) is 6.13. The Morgan fingerprint density at radius 1 is 0.659 bits per heavy atom. The third-order valence-corrected chi connectivity index (χ3v) is 10.9. The second kappa shape index (κ2) is 15.7. The predicted molar refractivity (Wildman–Crippen MR) is 193 cm³/mol. The number of imidazole rings is 1. The van der Waals surface area contributed by atoms with Crippen LogP contribution >= 0.6 is 0 Å². The van der Waals surface area contributed by atoms with Crippen molar-refractivity contribution in [3.63, 3.8) is 0 Å². The van der Waals surface area contributed by atoms with Crippen LogP contribution in [-0.2, 0) is 5.16 Å². The zero-order valence-corrected chi connectivity index (χ0v) is 27.2. The molecule has 0 aliphatic heterocycles. The molecule has 0 aliphatic carbocycles. The van der Waals surface area contributed by atoms with E-state index in [-0.39, 0.29) is 5.16 Å². The monoisotopic (exact) mass is 588 g/mol. The summed E-state index contributed by atoms with van der Waals surface area (Å²) in [4.78, 5) is 4.38. The molecular weight excluding hydrogens is 547 g/mol. The van der Waals surface area contributed by atoms with Gasteiger partial charge in [-0.15, -0.1) is 0 Å². The summed E-state index contributed by atoms with van der Waals surface area (Å²) in [6.45, 7) is 4.86. The summed E-state index contributed by atoms with van der Waals surface area (Å²) >= 11 is 0. The molecule has 1 heterocycles. The molecule has 6 aromatic rings. The van der Waals surface area contributed by atoms with Gasteiger partial charge in [0.1, 0.15) is 0 Å². The molecule has 1 aromatic heterocycles. The molecular formula is C40H41BN2Si. The van der Waals surface area contributed by atoms with Crippen molar-refractivity contribution in [2.45, 2.75) is 31.0 Å². The van der Waals surface area contributed by atoms with Gasteiger partial charge in [-0.05, 0) is 23.1 Å². The molecule has 0 aliphatic rings. The van der Waals surface area contributed by atoms with Crippen LogP contribution < -0.4 is 16.4 Å². The quantitative estimate of drug-likeness (QED) is 0.128. The summed E-state index contributed by atoms with van der Waals surface area (Å²) in [5, 5.41) is -0.128. The second-order valence-electron chi connectivity index (χ2n) is 11.2. The molecule has 1 atom stereocenters. The van der Waals surface area contributed by atoms with Gasteiger partial charge in [-0.2, -0.15) is 0 Å². The van der Waals surface area contributed by atoms with Gasteiger partial charge < -0.3 is 4.57 Å². The Balaban J connectivity index is 0.000000181. The Bertz CT molecular complexity index is 1520. The van der Waals surface area contributed by atoms with Gasteiger partial charge in [0.25, 0.3) is 0 Å². The zero-order chi connectivity index (χ0) is 30.5. The molecule has 0 amide bonds. The highest BCUT2D eigenvalue weighted by Gasteiger charge is 2.37. The van der Waals surface area contributed by atoms with Crippen LogP contribution in [0.2, 0.25) is 5.54 Å². The first-order chi connectivity index (χ1) is 21.7. The van der Waals surface area contributed by atoms with Crippen molar-refractivity contribution in [1.29, 1.82) is 0 Å². The number of rotatable bonds is 10. The predicted octanol–water partition coefficient (Wildman–Crippen LogP) is 6.78. The SMILES string of the molecule is CCC=CC(C)[SiH2]C(c1ccccc1)(c1ccccc1)n1ccnc1.c1ccc(B(c2ccccc2)c2ccccc2)cc1. The molecule has 2 nitrogen and oxygen atoms in total. The largest absolute Gasteiger partial charge is 0.327 e. The Labute approximate surface area is 266 Å². The van der Waals surface area contributed by atoms with E-state index in [2.05, 4.69) is 193 Å². The van der Waals surface area contributed by atoms with E-state index in [1.807, 2.05) is 12.5 Å². The van der Waals surface area contributed by atoms with E-state index in [4.69, 9.17) is 0 Å². The number of allylic oxidation sites excluding steroid dienone is 2. The lowest BCUT2D eigenvalue weighted by Gasteiger charge is -2.38. The van der Waals surface area contributed by atoms with Gasteiger partial charge in [0.2, 0.25) is 6.71 Å². The Morgan fingerprint density at radius 3 is 1.43 bits per heavy atom. The fourth-order valence-corrected chi connectivity index (χ4v) is 8.74. The molecule has 0 N–H and O–H groups in total. The lowest BCUT2D eigenvalue weighted by Crippen LogP contribution is -2.51. The third kappa shape index (κ3) is 7.45. The molecule has 218 valence electrons. The maximum Gasteiger partial charge on any atom is 0.241 e. The smallest absolute Gasteiger partial charge is 0.241 e. The van der Waals surface area contributed by atoms with E-state index in [0.717, 1.165) is 6.42 Å². The summed E-state index contributed by atoms with van der Waals surface area (Å²) in [6, 6.07) is 53.8. The minimum absolute atomic E-state index is 0.128. The van der Waals surface area contributed by atoms with Crippen molar-refractivity contribution in [2.75, 3.05) is 0 Å². The van der Waals surface area contributed by atoms with Gasteiger partial charge in [0.15, 0.2) is 0 Å². The molecule has 6 rings (SSSR count). The highest BCUT2D eigenvalue weighted by molar-refractivity contribution is 6.95. The number of benzene rings is 5. The van der Waals surface area contributed by atoms with Crippen LogP contribution in [0, 0.1) is 0 Å². The van der Waals surface area contributed by atoms with Crippen LogP contribution in [0.4, 0.5) is 0 Å². The number of hydrogen-bond donors (Lipinski definition) is 0. The Kier molecular flexibility index (Phi) is 11.0. The molecule has 0 fully saturated rings. The van der Waals surface area contributed by atoms with Gasteiger partial charge in [0.05, 0.1) is 21.0 Å². The Morgan fingerprint density at radius 2 is 1.07 bits per heavy atom. The van der Waals surface area contributed by atoms with E-state index in [9.17, 15) is 0 Å². The van der Waals surface area contributed by atoms with E-state index in [1.54, 1.807) is 0 Å². The van der Waals surface area contributed by atoms with Crippen LogP contribution in [0.15, 0.2) is 183 Å². The van der Waals surface area contributed by atoms with E-state index in [1.165, 1.54) is 27.5 Å². The fraction of sp³-hybridized carbons (Fsp3) is 0.125. The molecule has 0 bridgehead atoms. The van der Waals surface area contributed by atoms with Gasteiger partial charge in [-0.3, -0.25) is 0 Å². The minimum atomic E-state index is -0.607. The summed E-state index contributed by atoms with van der Waals surface area (Å²) in [7, 11) is -0.607. The normalized spacial score (nSPS) is 12.1. The van der Waals surface area contributed by atoms with Crippen molar-refractivity contribution in [1.82, 2.24) is 9.55 Å². The van der Waals surface area contributed by atoms with Crippen molar-refractivity contribution in [2.24, 2.45) is 0 Å². The van der Waals surface area contributed by atoms with E-state index < -0.39 is 9.52 Å². The lowest BCUT2D eigenvalue weighted by atomic mass is 9.37. The molecule has 4 heteroatoms. The minimum Gasteiger partial charge on any atom is -0.327 e.